The molecule has 0 bridgehead atoms. The molecule has 1 unspecified atom stereocenters. The summed E-state index contributed by atoms with van der Waals surface area (Å²) in [7, 11) is 0. The molecule has 0 spiro atoms. The monoisotopic (exact) mass is 224 g/mol. The molecule has 0 aliphatic heterocycles. The molecule has 0 radical (unpaired) electrons. The van der Waals surface area contributed by atoms with Crippen LogP contribution < -0.4 is 0 Å². The third kappa shape index (κ3) is 3.05. The predicted molar refractivity (Wildman–Crippen MR) is 65.2 cm³/mol. The van der Waals surface area contributed by atoms with Crippen LogP contribution in [-0.2, 0) is 0 Å². The zero-order chi connectivity index (χ0) is 10.7. The Morgan fingerprint density at radius 3 is 2.80 bits per heavy atom. The summed E-state index contributed by atoms with van der Waals surface area (Å²) >= 11 is 1.73. The number of aryl methyl sites for hydroxylation is 1. The summed E-state index contributed by atoms with van der Waals surface area (Å²) in [5.74, 6) is 0.888. The van der Waals surface area contributed by atoms with Gasteiger partial charge in [0.15, 0.2) is 0 Å². The van der Waals surface area contributed by atoms with Gasteiger partial charge in [-0.2, -0.15) is 0 Å². The lowest BCUT2D eigenvalue weighted by molar-refractivity contribution is 0.157. The number of hydrogen-bond acceptors (Lipinski definition) is 2. The van der Waals surface area contributed by atoms with E-state index in [4.69, 9.17) is 0 Å². The van der Waals surface area contributed by atoms with E-state index in [2.05, 4.69) is 18.4 Å². The second-order valence-corrected chi connectivity index (χ2v) is 5.85. The first-order valence-corrected chi connectivity index (χ1v) is 6.87. The molecule has 1 heterocycles. The number of aliphatic hydroxyl groups is 1. The van der Waals surface area contributed by atoms with Gasteiger partial charge in [-0.25, -0.2) is 0 Å². The molecule has 2 heteroatoms. The van der Waals surface area contributed by atoms with Gasteiger partial charge in [0.2, 0.25) is 0 Å². The van der Waals surface area contributed by atoms with Crippen molar-refractivity contribution in [3.63, 3.8) is 0 Å². The third-order valence-corrected chi connectivity index (χ3v) is 4.34. The normalized spacial score (nSPS) is 19.6. The molecule has 1 N–H and O–H groups in total. The van der Waals surface area contributed by atoms with Crippen molar-refractivity contribution in [2.24, 2.45) is 5.92 Å². The van der Waals surface area contributed by atoms with Crippen molar-refractivity contribution in [3.8, 4) is 0 Å². The van der Waals surface area contributed by atoms with Crippen molar-refractivity contribution in [1.82, 2.24) is 0 Å². The number of rotatable bonds is 4. The van der Waals surface area contributed by atoms with Gasteiger partial charge in [0.1, 0.15) is 0 Å². The Hall–Kier alpha value is -0.340. The zero-order valence-electron chi connectivity index (χ0n) is 9.41. The maximum atomic E-state index is 10.0. The Morgan fingerprint density at radius 1 is 1.47 bits per heavy atom. The fourth-order valence-corrected chi connectivity index (χ4v) is 3.25. The lowest BCUT2D eigenvalue weighted by Crippen LogP contribution is -2.00. The topological polar surface area (TPSA) is 20.2 Å². The Kier molecular flexibility index (Phi) is 3.81. The van der Waals surface area contributed by atoms with Crippen molar-refractivity contribution in [1.29, 1.82) is 0 Å². The molecule has 1 nitrogen and oxygen atoms in total. The van der Waals surface area contributed by atoms with Crippen molar-refractivity contribution in [3.05, 3.63) is 21.9 Å². The zero-order valence-corrected chi connectivity index (χ0v) is 10.2. The predicted octanol–water partition coefficient (Wildman–Crippen LogP) is 4.06. The maximum Gasteiger partial charge on any atom is 0.0798 e. The van der Waals surface area contributed by atoms with Crippen LogP contribution >= 0.6 is 11.3 Å². The van der Waals surface area contributed by atoms with E-state index < -0.39 is 0 Å². The van der Waals surface area contributed by atoms with Crippen molar-refractivity contribution in [2.75, 3.05) is 0 Å². The first-order valence-electron chi connectivity index (χ1n) is 5.99. The van der Waals surface area contributed by atoms with E-state index >= 15 is 0 Å². The largest absolute Gasteiger partial charge is 0.388 e. The van der Waals surface area contributed by atoms with Crippen LogP contribution in [0.2, 0.25) is 0 Å². The Bertz CT molecular complexity index is 299. The van der Waals surface area contributed by atoms with E-state index in [1.807, 2.05) is 0 Å². The molecule has 0 saturated heterocycles. The van der Waals surface area contributed by atoms with Gasteiger partial charge in [0, 0.05) is 4.88 Å². The van der Waals surface area contributed by atoms with E-state index in [9.17, 15) is 5.11 Å². The Balaban J connectivity index is 1.79. The molecule has 1 aromatic heterocycles. The van der Waals surface area contributed by atoms with E-state index in [0.29, 0.717) is 0 Å². The minimum absolute atomic E-state index is 0.226. The minimum atomic E-state index is -0.226. The van der Waals surface area contributed by atoms with Crippen LogP contribution in [-0.4, -0.2) is 5.11 Å². The molecule has 0 amide bonds. The van der Waals surface area contributed by atoms with Gasteiger partial charge in [-0.1, -0.05) is 25.7 Å². The summed E-state index contributed by atoms with van der Waals surface area (Å²) in [6.45, 7) is 2.10. The highest BCUT2D eigenvalue weighted by Gasteiger charge is 2.17. The molecular weight excluding hydrogens is 204 g/mol. The standard InChI is InChI=1S/C13H20OS/c1-10-8-12(9-15-10)13(14)7-6-11-4-2-3-5-11/h8-9,11,13-14H,2-7H2,1H3. The summed E-state index contributed by atoms with van der Waals surface area (Å²) in [5, 5.41) is 12.1. The quantitative estimate of drug-likeness (QED) is 0.817. The molecule has 15 heavy (non-hydrogen) atoms. The van der Waals surface area contributed by atoms with Crippen molar-refractivity contribution < 1.29 is 5.11 Å². The second-order valence-electron chi connectivity index (χ2n) is 4.73. The molecule has 1 atom stereocenters. The van der Waals surface area contributed by atoms with Crippen LogP contribution in [0.3, 0.4) is 0 Å². The lowest BCUT2D eigenvalue weighted by atomic mass is 9.97. The van der Waals surface area contributed by atoms with E-state index in [-0.39, 0.29) is 6.10 Å². The molecule has 1 aromatic rings. The highest BCUT2D eigenvalue weighted by Crippen LogP contribution is 2.32. The van der Waals surface area contributed by atoms with Crippen LogP contribution in [0.4, 0.5) is 0 Å². The first-order chi connectivity index (χ1) is 7.25. The molecule has 84 valence electrons. The van der Waals surface area contributed by atoms with Gasteiger partial charge in [-0.05, 0) is 42.7 Å². The molecule has 2 rings (SSSR count). The van der Waals surface area contributed by atoms with Crippen LogP contribution in [0.5, 0.6) is 0 Å². The number of aliphatic hydroxyl groups excluding tert-OH is 1. The average molecular weight is 224 g/mol. The molecule has 1 aliphatic rings. The maximum absolute atomic E-state index is 10.0. The van der Waals surface area contributed by atoms with Gasteiger partial charge >= 0.3 is 0 Å². The van der Waals surface area contributed by atoms with E-state index in [1.54, 1.807) is 11.3 Å². The number of hydrogen-bond donors (Lipinski definition) is 1. The van der Waals surface area contributed by atoms with Gasteiger partial charge in [0.05, 0.1) is 6.10 Å². The van der Waals surface area contributed by atoms with Crippen molar-refractivity contribution >= 4 is 11.3 Å². The van der Waals surface area contributed by atoms with Gasteiger partial charge < -0.3 is 5.11 Å². The second kappa shape index (κ2) is 5.13. The van der Waals surface area contributed by atoms with E-state index in [0.717, 1.165) is 17.9 Å². The third-order valence-electron chi connectivity index (χ3n) is 3.46. The molecular formula is C13H20OS. The Morgan fingerprint density at radius 2 is 2.20 bits per heavy atom. The highest BCUT2D eigenvalue weighted by molar-refractivity contribution is 7.10. The van der Waals surface area contributed by atoms with Crippen molar-refractivity contribution in [2.45, 2.75) is 51.6 Å². The van der Waals surface area contributed by atoms with Crippen LogP contribution in [0.25, 0.3) is 0 Å². The average Bonchev–Trinajstić information content (AvgIpc) is 2.84. The fraction of sp³-hybridized carbons (Fsp3) is 0.692. The van der Waals surface area contributed by atoms with Gasteiger partial charge in [0.25, 0.3) is 0 Å². The van der Waals surface area contributed by atoms with Gasteiger partial charge in [-0.3, -0.25) is 0 Å². The molecule has 0 aromatic carbocycles. The Labute approximate surface area is 96.1 Å². The van der Waals surface area contributed by atoms with Crippen LogP contribution in [0.15, 0.2) is 11.4 Å². The lowest BCUT2D eigenvalue weighted by Gasteiger charge is -2.12. The summed E-state index contributed by atoms with van der Waals surface area (Å²) in [5.41, 5.74) is 1.12. The smallest absolute Gasteiger partial charge is 0.0798 e. The minimum Gasteiger partial charge on any atom is -0.388 e. The summed E-state index contributed by atoms with van der Waals surface area (Å²) in [4.78, 5) is 1.30. The SMILES string of the molecule is Cc1cc(C(O)CCC2CCCC2)cs1. The first kappa shape index (κ1) is 11.2. The highest BCUT2D eigenvalue weighted by atomic mass is 32.1. The molecule has 1 aliphatic carbocycles. The summed E-state index contributed by atoms with van der Waals surface area (Å²) in [6, 6.07) is 2.12. The van der Waals surface area contributed by atoms with Crippen LogP contribution in [0, 0.1) is 12.8 Å². The van der Waals surface area contributed by atoms with Gasteiger partial charge in [-0.15, -0.1) is 11.3 Å². The summed E-state index contributed by atoms with van der Waals surface area (Å²) in [6.07, 6.45) is 7.49. The fourth-order valence-electron chi connectivity index (χ4n) is 2.50. The molecule has 1 fully saturated rings. The number of thiophene rings is 1. The summed E-state index contributed by atoms with van der Waals surface area (Å²) < 4.78 is 0. The molecule has 1 saturated carbocycles. The van der Waals surface area contributed by atoms with Crippen LogP contribution in [0.1, 0.15) is 55.1 Å². The van der Waals surface area contributed by atoms with E-state index in [1.165, 1.54) is 37.0 Å².